The maximum absolute atomic E-state index is 5.78. The number of rotatable bonds is 28. The Morgan fingerprint density at radius 3 is 1.14 bits per heavy atom. The molecule has 1 heterocycles. The van der Waals surface area contributed by atoms with Crippen molar-refractivity contribution in [3.8, 4) is 0 Å². The SMILES string of the molecule is CCO[Si](C)(C)OCC.CCO[Si](CC)(CC)OCC.CC[Si](CC)(OC)OC.CO[SiH](Cc1ccccc1)OC.CO[Si](C)(C)CCC1CCC2OC2C1.CO[Si](C)(C)OC.CO[Si](OC)(c1ccccc1)c1ccccc1. The van der Waals surface area contributed by atoms with E-state index in [-0.39, 0.29) is 0 Å². The van der Waals surface area contributed by atoms with Crippen LogP contribution in [0.4, 0.5) is 0 Å². The van der Waals surface area contributed by atoms with Crippen molar-refractivity contribution in [2.45, 2.75) is 169 Å². The third-order valence-electron chi connectivity index (χ3n) is 14.2. The normalized spacial score (nSPS) is 16.0. The van der Waals surface area contributed by atoms with Gasteiger partial charge in [0, 0.05) is 96.5 Å². The number of hydrogen-bond donors (Lipinski definition) is 0. The summed E-state index contributed by atoms with van der Waals surface area (Å²) in [6.07, 6.45) is 6.66. The topological polar surface area (TPSA) is 133 Å². The van der Waals surface area contributed by atoms with Crippen LogP contribution in [0.3, 0.4) is 0 Å². The largest absolute Gasteiger partial charge is 0.420 e. The van der Waals surface area contributed by atoms with Crippen LogP contribution in [0, 0.1) is 5.92 Å². The average Bonchev–Trinajstić information content (AvgIpc) is 4.28. The Bertz CT molecular complexity index is 1750. The molecule has 0 aromatic heterocycles. The molecule has 0 radical (unpaired) electrons. The van der Waals surface area contributed by atoms with Gasteiger partial charge in [-0.1, -0.05) is 125 Å². The Kier molecular flexibility index (Phi) is 45.4. The highest BCUT2D eigenvalue weighted by atomic mass is 28.4. The summed E-state index contributed by atoms with van der Waals surface area (Å²) >= 11 is 0. The van der Waals surface area contributed by atoms with Gasteiger partial charge in [-0.2, -0.15) is 0 Å². The molecule has 79 heavy (non-hydrogen) atoms. The number of fused-ring (bicyclic) bond motifs is 1. The quantitative estimate of drug-likeness (QED) is 0.0504. The first-order chi connectivity index (χ1) is 37.5. The first-order valence-electron chi connectivity index (χ1n) is 28.8. The highest BCUT2D eigenvalue weighted by molar-refractivity contribution is 6.92. The molecule has 0 N–H and O–H groups in total. The van der Waals surface area contributed by atoms with Crippen LogP contribution < -0.4 is 10.4 Å². The predicted octanol–water partition coefficient (Wildman–Crippen LogP) is 12.7. The second-order valence-electron chi connectivity index (χ2n) is 20.3. The van der Waals surface area contributed by atoms with Gasteiger partial charge in [-0.25, -0.2) is 0 Å². The van der Waals surface area contributed by atoms with Crippen molar-refractivity contribution in [3.05, 3.63) is 96.6 Å². The van der Waals surface area contributed by atoms with Crippen LogP contribution in [-0.4, -0.2) is 163 Å². The van der Waals surface area contributed by atoms with Gasteiger partial charge < -0.3 is 62.3 Å². The van der Waals surface area contributed by atoms with Crippen LogP contribution in [-0.2, 0) is 68.3 Å². The van der Waals surface area contributed by atoms with E-state index in [1.54, 1.807) is 56.9 Å². The molecule has 1 saturated heterocycles. The summed E-state index contributed by atoms with van der Waals surface area (Å²) in [5.74, 6) is 0.917. The lowest BCUT2D eigenvalue weighted by Gasteiger charge is -2.27. The Labute approximate surface area is 492 Å². The minimum absolute atomic E-state index is 0.640. The molecule has 5 rings (SSSR count). The van der Waals surface area contributed by atoms with Gasteiger partial charge in [0.15, 0.2) is 8.32 Å². The van der Waals surface area contributed by atoms with Gasteiger partial charge >= 0.3 is 52.1 Å². The molecule has 3 aromatic carbocycles. The highest BCUT2D eigenvalue weighted by Gasteiger charge is 2.44. The molecule has 3 atom stereocenters. The number of ether oxygens (including phenoxy) is 1. The van der Waals surface area contributed by atoms with Crippen molar-refractivity contribution in [1.82, 2.24) is 0 Å². The lowest BCUT2D eigenvalue weighted by molar-refractivity contribution is 0.184. The molecular formula is C58H116O14Si7. The van der Waals surface area contributed by atoms with Crippen molar-refractivity contribution < 1.29 is 62.3 Å². The zero-order valence-electron chi connectivity index (χ0n) is 54.1. The first-order valence-corrected chi connectivity index (χ1v) is 45.6. The van der Waals surface area contributed by atoms with Gasteiger partial charge in [-0.15, -0.1) is 0 Å². The molecule has 1 saturated carbocycles. The Hall–Kier alpha value is -1.38. The lowest BCUT2D eigenvalue weighted by Crippen LogP contribution is -2.62. The van der Waals surface area contributed by atoms with E-state index in [4.69, 9.17) is 62.3 Å². The van der Waals surface area contributed by atoms with Gasteiger partial charge in [-0.05, 0) is 138 Å². The first kappa shape index (κ1) is 79.7. The van der Waals surface area contributed by atoms with E-state index >= 15 is 0 Å². The maximum atomic E-state index is 5.78. The standard InChI is InChI=1S/C14H16O2Si.C11H22O2Si.C9H14O2Si.C8H20O2Si.2C6H16O2Si.C4H12O2Si/c1-15-17(16-2,13-9-5-3-6-10-13)14-11-7-4-8-12-14;1-12-14(2,3)7-6-9-4-5-10-11(8-9)13-10;1-10-12(11-2)8-9-6-4-3-5-7-9;1-5-9-11(7-3,8-4)10-6-2;1-5-7-9(3,4)8-6-2;1-5-9(6-2,7-3)8-4;1-5-7(3,4)6-2/h3-12H,1-2H3;9-11H,4-8H2,1-3H3;3-7,12H,8H2,1-2H3;5-8H2,1-4H3;2*5-6H2,1-4H3;1-4H3. The molecule has 2 aliphatic rings. The monoisotopic (exact) mass is 1230 g/mol. The van der Waals surface area contributed by atoms with Crippen LogP contribution >= 0.6 is 0 Å². The minimum atomic E-state index is -2.50. The predicted molar refractivity (Wildman–Crippen MR) is 346 cm³/mol. The summed E-state index contributed by atoms with van der Waals surface area (Å²) in [6, 6.07) is 37.0. The zero-order valence-corrected chi connectivity index (χ0v) is 61.2. The smallest absolute Gasteiger partial charge is 0.406 e. The third kappa shape index (κ3) is 33.6. The third-order valence-corrected chi connectivity index (χ3v) is 33.3. The van der Waals surface area contributed by atoms with E-state index in [9.17, 15) is 0 Å². The van der Waals surface area contributed by atoms with Gasteiger partial charge in [0.1, 0.15) is 0 Å². The molecule has 1 aliphatic carbocycles. The maximum Gasteiger partial charge on any atom is 0.406 e. The minimum Gasteiger partial charge on any atom is -0.420 e. The Balaban J connectivity index is 0. The average molecular weight is 1230 g/mol. The lowest BCUT2D eigenvalue weighted by atomic mass is 9.88. The highest BCUT2D eigenvalue weighted by Crippen LogP contribution is 2.41. The van der Waals surface area contributed by atoms with E-state index in [1.807, 2.05) is 102 Å². The fraction of sp³-hybridized carbons (Fsp3) is 0.690. The van der Waals surface area contributed by atoms with Crippen LogP contribution in [0.5, 0.6) is 0 Å². The van der Waals surface area contributed by atoms with Crippen molar-refractivity contribution >= 4 is 70.8 Å². The van der Waals surface area contributed by atoms with E-state index in [1.165, 1.54) is 37.3 Å². The fourth-order valence-electron chi connectivity index (χ4n) is 8.47. The summed E-state index contributed by atoms with van der Waals surface area (Å²) in [7, 11) is 3.54. The second kappa shape index (κ2) is 45.0. The van der Waals surface area contributed by atoms with Crippen LogP contribution in [0.15, 0.2) is 91.0 Å². The molecule has 0 spiro atoms. The van der Waals surface area contributed by atoms with Crippen LogP contribution in [0.2, 0.25) is 69.5 Å². The molecule has 0 amide bonds. The molecule has 21 heteroatoms. The molecule has 3 unspecified atom stereocenters. The van der Waals surface area contributed by atoms with E-state index in [0.29, 0.717) is 12.2 Å². The van der Waals surface area contributed by atoms with Crippen molar-refractivity contribution in [2.24, 2.45) is 5.92 Å². The summed E-state index contributed by atoms with van der Waals surface area (Å²) in [5, 5.41) is 2.24. The van der Waals surface area contributed by atoms with E-state index in [0.717, 1.165) is 72.9 Å². The van der Waals surface area contributed by atoms with Crippen LogP contribution in [0.1, 0.15) is 86.6 Å². The number of hydrogen-bond acceptors (Lipinski definition) is 14. The molecule has 14 nitrogen and oxygen atoms in total. The van der Waals surface area contributed by atoms with Crippen molar-refractivity contribution in [3.63, 3.8) is 0 Å². The zero-order chi connectivity index (χ0) is 60.4. The van der Waals surface area contributed by atoms with E-state index < -0.39 is 60.4 Å². The molecule has 460 valence electrons. The second-order valence-corrected chi connectivity index (χ2v) is 45.0. The fourth-order valence-corrected chi connectivity index (χ4v) is 19.6. The molecule has 3 aromatic rings. The van der Waals surface area contributed by atoms with Crippen molar-refractivity contribution in [1.29, 1.82) is 0 Å². The summed E-state index contributed by atoms with van der Waals surface area (Å²) < 4.78 is 75.9. The Morgan fingerprint density at radius 1 is 0.443 bits per heavy atom. The summed E-state index contributed by atoms with van der Waals surface area (Å²) in [4.78, 5) is 0. The molecule has 1 aliphatic heterocycles. The van der Waals surface area contributed by atoms with E-state index in [2.05, 4.69) is 90.3 Å². The van der Waals surface area contributed by atoms with Gasteiger partial charge in [0.2, 0.25) is 0 Å². The number of epoxide rings is 1. The van der Waals surface area contributed by atoms with Gasteiger partial charge in [0.25, 0.3) is 0 Å². The Morgan fingerprint density at radius 2 is 0.848 bits per heavy atom. The molecular weight excluding hydrogens is 1120 g/mol. The summed E-state index contributed by atoms with van der Waals surface area (Å²) in [6.45, 7) is 32.4. The number of benzene rings is 3. The summed E-state index contributed by atoms with van der Waals surface area (Å²) in [5.41, 5.74) is 1.29. The molecule has 2 fully saturated rings. The van der Waals surface area contributed by atoms with Crippen LogP contribution in [0.25, 0.3) is 0 Å². The molecule has 0 bridgehead atoms. The van der Waals surface area contributed by atoms with Gasteiger partial charge in [-0.3, -0.25) is 0 Å². The van der Waals surface area contributed by atoms with Crippen molar-refractivity contribution in [2.75, 3.05) is 90.4 Å². The van der Waals surface area contributed by atoms with Gasteiger partial charge in [0.05, 0.1) is 12.2 Å².